The topological polar surface area (TPSA) is 124 Å². The maximum Gasteiger partial charge on any atom is 0.277 e. The maximum absolute atomic E-state index is 12.8. The molecule has 0 aliphatic carbocycles. The summed E-state index contributed by atoms with van der Waals surface area (Å²) in [4.78, 5) is 46.1. The minimum absolute atomic E-state index is 0.0908. The molecule has 0 spiro atoms. The van der Waals surface area contributed by atoms with Crippen LogP contribution >= 0.6 is 0 Å². The molecule has 2 aromatic carbocycles. The molecule has 0 radical (unpaired) electrons. The average Bonchev–Trinajstić information content (AvgIpc) is 3.03. The summed E-state index contributed by atoms with van der Waals surface area (Å²) in [6.45, 7) is 1.77. The number of nitro benzene ring substituents is 2. The molecule has 3 rings (SSSR count). The molecule has 1 amide bonds. The Morgan fingerprint density at radius 2 is 1.58 bits per heavy atom. The summed E-state index contributed by atoms with van der Waals surface area (Å²) in [7, 11) is 0. The van der Waals surface area contributed by atoms with Gasteiger partial charge in [0.1, 0.15) is 0 Å². The van der Waals surface area contributed by atoms with Gasteiger partial charge in [-0.1, -0.05) is 0 Å². The number of ketones is 1. The van der Waals surface area contributed by atoms with Gasteiger partial charge < -0.3 is 4.90 Å². The van der Waals surface area contributed by atoms with Crippen LogP contribution in [0.1, 0.15) is 33.2 Å². The van der Waals surface area contributed by atoms with E-state index in [1.165, 1.54) is 11.8 Å². The first-order chi connectivity index (χ1) is 12.3. The van der Waals surface area contributed by atoms with E-state index in [0.717, 1.165) is 23.8 Å². The van der Waals surface area contributed by atoms with Gasteiger partial charge in [-0.25, -0.2) is 0 Å². The van der Waals surface area contributed by atoms with Gasteiger partial charge in [0.25, 0.3) is 17.3 Å². The molecule has 0 saturated carbocycles. The van der Waals surface area contributed by atoms with E-state index >= 15 is 0 Å². The smallest absolute Gasteiger partial charge is 0.277 e. The van der Waals surface area contributed by atoms with E-state index in [9.17, 15) is 29.8 Å². The van der Waals surface area contributed by atoms with Crippen LogP contribution in [0.3, 0.4) is 0 Å². The van der Waals surface area contributed by atoms with Crippen molar-refractivity contribution in [3.8, 4) is 0 Å². The van der Waals surface area contributed by atoms with Crippen LogP contribution in [0.4, 0.5) is 17.1 Å². The summed E-state index contributed by atoms with van der Waals surface area (Å²) in [5.74, 6) is -0.655. The predicted molar refractivity (Wildman–Crippen MR) is 91.6 cm³/mol. The highest BCUT2D eigenvalue weighted by Crippen LogP contribution is 2.32. The number of non-ortho nitro benzene ring substituents is 2. The molecular weight excluding hydrogens is 342 g/mol. The summed E-state index contributed by atoms with van der Waals surface area (Å²) < 4.78 is 0. The second kappa shape index (κ2) is 6.36. The number of carbonyl (C=O) groups is 2. The van der Waals surface area contributed by atoms with Gasteiger partial charge in [-0.15, -0.1) is 0 Å². The Morgan fingerprint density at radius 1 is 0.962 bits per heavy atom. The van der Waals surface area contributed by atoms with Crippen LogP contribution in [0.2, 0.25) is 0 Å². The lowest BCUT2D eigenvalue weighted by Gasteiger charge is -2.17. The fourth-order valence-corrected chi connectivity index (χ4v) is 2.92. The summed E-state index contributed by atoms with van der Waals surface area (Å²) in [6.07, 6.45) is 0.527. The van der Waals surface area contributed by atoms with Crippen LogP contribution in [0.5, 0.6) is 0 Å². The van der Waals surface area contributed by atoms with Gasteiger partial charge >= 0.3 is 0 Å². The monoisotopic (exact) mass is 355 g/mol. The van der Waals surface area contributed by atoms with Crippen LogP contribution in [-0.4, -0.2) is 28.1 Å². The number of hydrogen-bond donors (Lipinski definition) is 0. The molecule has 2 aromatic rings. The van der Waals surface area contributed by atoms with Crippen LogP contribution < -0.4 is 4.90 Å². The van der Waals surface area contributed by atoms with Crippen LogP contribution in [0.25, 0.3) is 0 Å². The first-order valence-electron chi connectivity index (χ1n) is 7.67. The summed E-state index contributed by atoms with van der Waals surface area (Å²) >= 11 is 0. The van der Waals surface area contributed by atoms with Gasteiger partial charge in [0.05, 0.1) is 21.5 Å². The number of nitrogens with zero attached hydrogens (tertiary/aromatic N) is 3. The molecular formula is C17H13N3O6. The van der Waals surface area contributed by atoms with Crippen molar-refractivity contribution >= 4 is 28.8 Å². The molecule has 26 heavy (non-hydrogen) atoms. The third-order valence-electron chi connectivity index (χ3n) is 4.20. The minimum Gasteiger partial charge on any atom is -0.308 e. The number of benzene rings is 2. The number of amides is 1. The number of hydrogen-bond acceptors (Lipinski definition) is 6. The van der Waals surface area contributed by atoms with Crippen molar-refractivity contribution in [3.63, 3.8) is 0 Å². The zero-order valence-electron chi connectivity index (χ0n) is 13.7. The van der Waals surface area contributed by atoms with Crippen molar-refractivity contribution in [2.75, 3.05) is 11.4 Å². The lowest BCUT2D eigenvalue weighted by atomic mass is 10.1. The standard InChI is InChI=1S/C17H13N3O6/c1-10(21)11-2-3-16-12(6-11)4-5-18(16)17(22)13-7-14(19(23)24)9-15(8-13)20(25)26/h2-3,6-9H,4-5H2,1H3. The molecule has 0 saturated heterocycles. The van der Waals surface area contributed by atoms with E-state index in [1.807, 2.05) is 0 Å². The van der Waals surface area contributed by atoms with Gasteiger partial charge in [0, 0.05) is 29.9 Å². The number of nitro groups is 2. The lowest BCUT2D eigenvalue weighted by molar-refractivity contribution is -0.394. The first kappa shape index (κ1) is 17.2. The Bertz CT molecular complexity index is 937. The van der Waals surface area contributed by atoms with E-state index in [2.05, 4.69) is 0 Å². The van der Waals surface area contributed by atoms with E-state index in [1.54, 1.807) is 18.2 Å². The Hall–Kier alpha value is -3.62. The Kier molecular flexibility index (Phi) is 4.21. The molecule has 1 aliphatic heterocycles. The molecule has 0 unspecified atom stereocenters. The summed E-state index contributed by atoms with van der Waals surface area (Å²) in [5.41, 5.74) is 0.765. The van der Waals surface area contributed by atoms with Crippen molar-refractivity contribution in [1.82, 2.24) is 0 Å². The average molecular weight is 355 g/mol. The van der Waals surface area contributed by atoms with E-state index < -0.39 is 27.1 Å². The third kappa shape index (κ3) is 3.02. The Balaban J connectivity index is 2.00. The quantitative estimate of drug-likeness (QED) is 0.472. The second-order valence-electron chi connectivity index (χ2n) is 5.86. The van der Waals surface area contributed by atoms with Crippen molar-refractivity contribution in [2.45, 2.75) is 13.3 Å². The van der Waals surface area contributed by atoms with E-state index in [4.69, 9.17) is 0 Å². The largest absolute Gasteiger partial charge is 0.308 e. The molecule has 9 nitrogen and oxygen atoms in total. The molecule has 9 heteroatoms. The lowest BCUT2D eigenvalue weighted by Crippen LogP contribution is -2.29. The highest BCUT2D eigenvalue weighted by atomic mass is 16.6. The van der Waals surface area contributed by atoms with Gasteiger partial charge in [0.2, 0.25) is 0 Å². The number of anilines is 1. The predicted octanol–water partition coefficient (Wildman–Crippen LogP) is 2.91. The molecule has 1 aliphatic rings. The van der Waals surface area contributed by atoms with E-state index in [0.29, 0.717) is 24.2 Å². The molecule has 1 heterocycles. The fraction of sp³-hybridized carbons (Fsp3) is 0.176. The van der Waals surface area contributed by atoms with Crippen molar-refractivity contribution in [2.24, 2.45) is 0 Å². The second-order valence-corrected chi connectivity index (χ2v) is 5.86. The Morgan fingerprint density at radius 3 is 2.12 bits per heavy atom. The van der Waals surface area contributed by atoms with Crippen molar-refractivity contribution < 1.29 is 19.4 Å². The maximum atomic E-state index is 12.8. The molecule has 132 valence electrons. The van der Waals surface area contributed by atoms with E-state index in [-0.39, 0.29) is 11.3 Å². The highest BCUT2D eigenvalue weighted by Gasteiger charge is 2.28. The third-order valence-corrected chi connectivity index (χ3v) is 4.20. The molecule has 0 fully saturated rings. The Labute approximate surface area is 147 Å². The van der Waals surface area contributed by atoms with Gasteiger partial charge in [-0.3, -0.25) is 29.8 Å². The van der Waals surface area contributed by atoms with Gasteiger partial charge in [-0.05, 0) is 37.1 Å². The minimum atomic E-state index is -0.777. The normalized spacial score (nSPS) is 12.6. The molecule has 0 atom stereocenters. The van der Waals surface area contributed by atoms with Crippen LogP contribution in [0.15, 0.2) is 36.4 Å². The summed E-state index contributed by atoms with van der Waals surface area (Å²) in [5, 5.41) is 22.0. The first-order valence-corrected chi connectivity index (χ1v) is 7.67. The fourth-order valence-electron chi connectivity index (χ4n) is 2.92. The zero-order valence-corrected chi connectivity index (χ0v) is 13.7. The summed E-state index contributed by atoms with van der Waals surface area (Å²) in [6, 6.07) is 7.81. The number of carbonyl (C=O) groups excluding carboxylic acids is 2. The van der Waals surface area contributed by atoms with Crippen molar-refractivity contribution in [1.29, 1.82) is 0 Å². The molecule has 0 N–H and O–H groups in total. The van der Waals surface area contributed by atoms with Gasteiger partial charge in [0.15, 0.2) is 5.78 Å². The number of Topliss-reactive ketones (excluding diaryl/α,β-unsaturated/α-hetero) is 1. The molecule has 0 aromatic heterocycles. The number of fused-ring (bicyclic) bond motifs is 1. The van der Waals surface area contributed by atoms with Gasteiger partial charge in [-0.2, -0.15) is 0 Å². The van der Waals surface area contributed by atoms with Crippen molar-refractivity contribution in [3.05, 3.63) is 73.3 Å². The number of rotatable bonds is 4. The SMILES string of the molecule is CC(=O)c1ccc2c(c1)CCN2C(=O)c1cc([N+](=O)[O-])cc([N+](=O)[O-])c1. The highest BCUT2D eigenvalue weighted by molar-refractivity contribution is 6.08. The van der Waals surface area contributed by atoms with Crippen LogP contribution in [-0.2, 0) is 6.42 Å². The zero-order chi connectivity index (χ0) is 19.0. The van der Waals surface area contributed by atoms with Crippen LogP contribution in [0, 0.1) is 20.2 Å². The molecule has 0 bridgehead atoms.